The van der Waals surface area contributed by atoms with Crippen LogP contribution in [-0.2, 0) is 16.1 Å². The zero-order valence-corrected chi connectivity index (χ0v) is 17.9. The largest absolute Gasteiger partial charge is 0.478 e. The Hall–Kier alpha value is -3.35. The van der Waals surface area contributed by atoms with Crippen molar-refractivity contribution in [2.75, 3.05) is 11.4 Å². The summed E-state index contributed by atoms with van der Waals surface area (Å²) in [5, 5.41) is 9.31. The molecule has 0 unspecified atom stereocenters. The zero-order valence-electron chi connectivity index (χ0n) is 17.9. The summed E-state index contributed by atoms with van der Waals surface area (Å²) in [6.45, 7) is 8.72. The van der Waals surface area contributed by atoms with Gasteiger partial charge in [0.2, 0.25) is 0 Å². The molecule has 1 fully saturated rings. The minimum Gasteiger partial charge on any atom is -0.478 e. The monoisotopic (exact) mass is 410 g/mol. The normalized spacial score (nSPS) is 14.4. The molecule has 30 heavy (non-hydrogen) atoms. The van der Waals surface area contributed by atoms with Crippen LogP contribution in [0.5, 0.6) is 5.75 Å². The average Bonchev–Trinajstić information content (AvgIpc) is 2.93. The summed E-state index contributed by atoms with van der Waals surface area (Å²) in [6.07, 6.45) is 0. The summed E-state index contributed by atoms with van der Waals surface area (Å²) in [4.78, 5) is 39.4. The van der Waals surface area contributed by atoms with Crippen LogP contribution in [0.15, 0.2) is 36.4 Å². The van der Waals surface area contributed by atoms with E-state index >= 15 is 0 Å². The molecule has 3 rings (SSSR count). The standard InChI is InChI=1S/C23H26N2O5/c1-14-6-8-18(9-7-14)24-13-19(26)25(22(24)29)12-17-10-15(2)20(16(3)11-17)30-23(4,5)21(27)28/h6-11H,12-13H2,1-5H3,(H,27,28). The lowest BCUT2D eigenvalue weighted by Crippen LogP contribution is -2.38. The lowest BCUT2D eigenvalue weighted by Gasteiger charge is -2.25. The predicted molar refractivity (Wildman–Crippen MR) is 113 cm³/mol. The molecule has 0 spiro atoms. The molecule has 0 aromatic heterocycles. The molecule has 158 valence electrons. The molecule has 2 aromatic carbocycles. The van der Waals surface area contributed by atoms with Gasteiger partial charge in [-0.05, 0) is 63.4 Å². The smallest absolute Gasteiger partial charge is 0.347 e. The predicted octanol–water partition coefficient (Wildman–Crippen LogP) is 3.82. The highest BCUT2D eigenvalue weighted by molar-refractivity contribution is 6.12. The van der Waals surface area contributed by atoms with Gasteiger partial charge in [-0.25, -0.2) is 9.59 Å². The number of carbonyl (C=O) groups excluding carboxylic acids is 2. The molecule has 1 heterocycles. The van der Waals surface area contributed by atoms with Gasteiger partial charge in [-0.1, -0.05) is 29.8 Å². The van der Waals surface area contributed by atoms with Crippen molar-refractivity contribution in [1.82, 2.24) is 4.90 Å². The Morgan fingerprint density at radius 1 is 1.07 bits per heavy atom. The molecule has 1 saturated heterocycles. The SMILES string of the molecule is Cc1ccc(N2CC(=O)N(Cc3cc(C)c(OC(C)(C)C(=O)O)c(C)c3)C2=O)cc1. The third-order valence-corrected chi connectivity index (χ3v) is 5.13. The number of hydrogen-bond acceptors (Lipinski definition) is 4. The van der Waals surface area contributed by atoms with E-state index in [1.54, 1.807) is 0 Å². The maximum Gasteiger partial charge on any atom is 0.347 e. The van der Waals surface area contributed by atoms with Crippen LogP contribution < -0.4 is 9.64 Å². The Morgan fingerprint density at radius 3 is 2.17 bits per heavy atom. The van der Waals surface area contributed by atoms with Gasteiger partial charge < -0.3 is 9.84 Å². The summed E-state index contributed by atoms with van der Waals surface area (Å²) < 4.78 is 5.72. The van der Waals surface area contributed by atoms with E-state index in [9.17, 15) is 19.5 Å². The first-order valence-corrected chi connectivity index (χ1v) is 9.70. The molecular weight excluding hydrogens is 384 g/mol. The van der Waals surface area contributed by atoms with Crippen molar-refractivity contribution in [2.24, 2.45) is 0 Å². The van der Waals surface area contributed by atoms with Gasteiger partial charge in [0.1, 0.15) is 12.3 Å². The fourth-order valence-corrected chi connectivity index (χ4v) is 3.40. The molecule has 7 nitrogen and oxygen atoms in total. The van der Waals surface area contributed by atoms with Gasteiger partial charge in [0.15, 0.2) is 5.60 Å². The minimum absolute atomic E-state index is 0.00779. The van der Waals surface area contributed by atoms with E-state index in [1.807, 2.05) is 57.2 Å². The second-order valence-corrected chi connectivity index (χ2v) is 8.16. The van der Waals surface area contributed by atoms with Crippen LogP contribution in [0.2, 0.25) is 0 Å². The minimum atomic E-state index is -1.37. The Labute approximate surface area is 175 Å². The Kier molecular flexibility index (Phi) is 5.57. The van der Waals surface area contributed by atoms with Gasteiger partial charge in [-0.15, -0.1) is 0 Å². The molecule has 7 heteroatoms. The number of carboxylic acids is 1. The number of amides is 3. The molecule has 0 bridgehead atoms. The first-order valence-electron chi connectivity index (χ1n) is 9.70. The Balaban J connectivity index is 1.81. The third kappa shape index (κ3) is 4.15. The summed E-state index contributed by atoms with van der Waals surface area (Å²) in [5.41, 5.74) is 2.66. The molecule has 3 amide bonds. The number of hydrogen-bond donors (Lipinski definition) is 1. The molecule has 0 aliphatic carbocycles. The maximum absolute atomic E-state index is 12.8. The second-order valence-electron chi connectivity index (χ2n) is 8.16. The van der Waals surface area contributed by atoms with Crippen molar-refractivity contribution < 1.29 is 24.2 Å². The lowest BCUT2D eigenvalue weighted by atomic mass is 10.0. The van der Waals surface area contributed by atoms with Crippen LogP contribution in [0.4, 0.5) is 10.5 Å². The van der Waals surface area contributed by atoms with Crippen molar-refractivity contribution in [3.63, 3.8) is 0 Å². The molecule has 2 aromatic rings. The topological polar surface area (TPSA) is 87.2 Å². The summed E-state index contributed by atoms with van der Waals surface area (Å²) in [6, 6.07) is 10.7. The second kappa shape index (κ2) is 7.82. The molecule has 0 atom stereocenters. The van der Waals surface area contributed by atoms with Crippen molar-refractivity contribution in [3.05, 3.63) is 58.7 Å². The molecule has 1 aliphatic heterocycles. The number of imide groups is 1. The first kappa shape index (κ1) is 21.4. The quantitative estimate of drug-likeness (QED) is 0.732. The lowest BCUT2D eigenvalue weighted by molar-refractivity contribution is -0.152. The Morgan fingerprint density at radius 2 is 1.63 bits per heavy atom. The van der Waals surface area contributed by atoms with Crippen molar-refractivity contribution in [2.45, 2.75) is 46.8 Å². The summed E-state index contributed by atoms with van der Waals surface area (Å²) >= 11 is 0. The molecular formula is C23H26N2O5. The van der Waals surface area contributed by atoms with Crippen LogP contribution in [0.25, 0.3) is 0 Å². The Bertz CT molecular complexity index is 988. The maximum atomic E-state index is 12.8. The number of urea groups is 1. The van der Waals surface area contributed by atoms with E-state index in [1.165, 1.54) is 23.6 Å². The first-order chi connectivity index (χ1) is 14.0. The van der Waals surface area contributed by atoms with Gasteiger partial charge in [-0.2, -0.15) is 0 Å². The molecule has 1 aliphatic rings. The van der Waals surface area contributed by atoms with E-state index in [0.717, 1.165) is 22.3 Å². The third-order valence-electron chi connectivity index (χ3n) is 5.13. The van der Waals surface area contributed by atoms with E-state index < -0.39 is 11.6 Å². The molecule has 1 N–H and O–H groups in total. The number of benzene rings is 2. The number of carbonyl (C=O) groups is 3. The number of aryl methyl sites for hydroxylation is 3. The van der Waals surface area contributed by atoms with Gasteiger partial charge >= 0.3 is 12.0 Å². The number of anilines is 1. The van der Waals surface area contributed by atoms with Crippen molar-refractivity contribution in [1.29, 1.82) is 0 Å². The summed E-state index contributed by atoms with van der Waals surface area (Å²) in [5.74, 6) is -0.829. The number of carboxylic acid groups (broad SMARTS) is 1. The number of aliphatic carboxylic acids is 1. The van der Waals surface area contributed by atoms with Gasteiger partial charge in [0.25, 0.3) is 5.91 Å². The van der Waals surface area contributed by atoms with Crippen LogP contribution in [0.1, 0.15) is 36.1 Å². The highest BCUT2D eigenvalue weighted by Gasteiger charge is 2.37. The van der Waals surface area contributed by atoms with E-state index in [2.05, 4.69) is 0 Å². The van der Waals surface area contributed by atoms with E-state index in [4.69, 9.17) is 4.74 Å². The van der Waals surface area contributed by atoms with Gasteiger partial charge in [0.05, 0.1) is 6.54 Å². The van der Waals surface area contributed by atoms with E-state index in [0.29, 0.717) is 11.4 Å². The van der Waals surface area contributed by atoms with Crippen molar-refractivity contribution in [3.8, 4) is 5.75 Å². The highest BCUT2D eigenvalue weighted by atomic mass is 16.5. The number of ether oxygens (including phenoxy) is 1. The van der Waals surface area contributed by atoms with Crippen molar-refractivity contribution >= 4 is 23.6 Å². The van der Waals surface area contributed by atoms with Gasteiger partial charge in [-0.3, -0.25) is 14.6 Å². The summed E-state index contributed by atoms with van der Waals surface area (Å²) in [7, 11) is 0. The fourth-order valence-electron chi connectivity index (χ4n) is 3.40. The number of nitrogens with zero attached hydrogens (tertiary/aromatic N) is 2. The fraction of sp³-hybridized carbons (Fsp3) is 0.348. The zero-order chi connectivity index (χ0) is 22.2. The van der Waals surface area contributed by atoms with Crippen LogP contribution >= 0.6 is 0 Å². The van der Waals surface area contributed by atoms with Crippen LogP contribution in [-0.4, -0.2) is 40.1 Å². The molecule has 0 radical (unpaired) electrons. The van der Waals surface area contributed by atoms with Crippen LogP contribution in [0.3, 0.4) is 0 Å². The van der Waals surface area contributed by atoms with E-state index in [-0.39, 0.29) is 25.0 Å². The molecule has 0 saturated carbocycles. The van der Waals surface area contributed by atoms with Gasteiger partial charge in [0, 0.05) is 5.69 Å². The van der Waals surface area contributed by atoms with Crippen LogP contribution in [0, 0.1) is 20.8 Å². The highest BCUT2D eigenvalue weighted by Crippen LogP contribution is 2.30. The number of rotatable bonds is 6. The average molecular weight is 410 g/mol.